The van der Waals surface area contributed by atoms with Crippen LogP contribution in [0.25, 0.3) is 0 Å². The van der Waals surface area contributed by atoms with Crippen LogP contribution in [0.5, 0.6) is 0 Å². The lowest BCUT2D eigenvalue weighted by Gasteiger charge is -2.08. The fraction of sp³-hybridized carbons (Fsp3) is 0.267. The van der Waals surface area contributed by atoms with Gasteiger partial charge in [0.05, 0.1) is 19.0 Å². The van der Waals surface area contributed by atoms with Gasteiger partial charge >= 0.3 is 0 Å². The van der Waals surface area contributed by atoms with Crippen molar-refractivity contribution in [2.75, 3.05) is 30.9 Å². The molecule has 110 valence electrons. The number of aryl methyl sites for hydroxylation is 1. The first-order valence-electron chi connectivity index (χ1n) is 6.62. The lowest BCUT2D eigenvalue weighted by Crippen LogP contribution is -2.15. The molecule has 21 heavy (non-hydrogen) atoms. The molecule has 0 saturated carbocycles. The van der Waals surface area contributed by atoms with Gasteiger partial charge in [-0.2, -0.15) is 0 Å². The van der Waals surface area contributed by atoms with E-state index in [1.54, 1.807) is 7.11 Å². The van der Waals surface area contributed by atoms with Crippen molar-refractivity contribution in [3.8, 4) is 0 Å². The number of ether oxygens (including phenoxy) is 1. The maximum absolute atomic E-state index is 12.1. The molecule has 2 rings (SSSR count). The van der Waals surface area contributed by atoms with E-state index in [4.69, 9.17) is 4.74 Å². The third-order valence-corrected chi connectivity index (χ3v) is 2.89. The van der Waals surface area contributed by atoms with Crippen molar-refractivity contribution in [3.63, 3.8) is 0 Å². The van der Waals surface area contributed by atoms with Gasteiger partial charge in [0.1, 0.15) is 11.5 Å². The number of para-hydroxylation sites is 1. The monoisotopic (exact) mass is 286 g/mol. The van der Waals surface area contributed by atoms with Gasteiger partial charge in [0.25, 0.3) is 5.91 Å². The Kier molecular flexibility index (Phi) is 5.22. The second-order valence-electron chi connectivity index (χ2n) is 4.48. The Labute approximate surface area is 123 Å². The van der Waals surface area contributed by atoms with Crippen molar-refractivity contribution in [1.82, 2.24) is 9.97 Å². The Balaban J connectivity index is 1.98. The Morgan fingerprint density at radius 2 is 2.05 bits per heavy atom. The number of hydrogen-bond acceptors (Lipinski definition) is 5. The van der Waals surface area contributed by atoms with Crippen LogP contribution >= 0.6 is 0 Å². The molecule has 2 aromatic rings. The van der Waals surface area contributed by atoms with Gasteiger partial charge in [0.2, 0.25) is 0 Å². The Bertz CT molecular complexity index is 599. The first-order valence-corrected chi connectivity index (χ1v) is 6.62. The summed E-state index contributed by atoms with van der Waals surface area (Å²) in [6.45, 7) is 3.15. The summed E-state index contributed by atoms with van der Waals surface area (Å²) < 4.78 is 4.93. The number of nitrogens with zero attached hydrogens (tertiary/aromatic N) is 2. The van der Waals surface area contributed by atoms with Crippen molar-refractivity contribution in [2.45, 2.75) is 6.92 Å². The van der Waals surface area contributed by atoms with Crippen molar-refractivity contribution >= 4 is 17.4 Å². The molecule has 0 fully saturated rings. The van der Waals surface area contributed by atoms with Crippen LogP contribution in [0.15, 0.2) is 36.7 Å². The zero-order valence-electron chi connectivity index (χ0n) is 12.1. The number of hydrogen-bond donors (Lipinski definition) is 2. The highest BCUT2D eigenvalue weighted by Gasteiger charge is 2.09. The maximum Gasteiger partial charge on any atom is 0.275 e. The molecule has 0 aliphatic heterocycles. The minimum Gasteiger partial charge on any atom is -0.383 e. The molecule has 0 spiro atoms. The second-order valence-corrected chi connectivity index (χ2v) is 4.48. The molecule has 0 unspecified atom stereocenters. The standard InChI is InChI=1S/C15H18N4O2/c1-11-5-3-4-6-12(11)19-15(20)13-9-18-14(10-17-13)16-7-8-21-2/h3-6,9-10H,7-8H2,1-2H3,(H,16,18)(H,19,20). The fourth-order valence-corrected chi connectivity index (χ4v) is 1.72. The summed E-state index contributed by atoms with van der Waals surface area (Å²) in [7, 11) is 1.63. The zero-order chi connectivity index (χ0) is 15.1. The lowest BCUT2D eigenvalue weighted by molar-refractivity contribution is 0.102. The Hall–Kier alpha value is -2.47. The van der Waals surface area contributed by atoms with Gasteiger partial charge in [-0.3, -0.25) is 4.79 Å². The number of anilines is 2. The van der Waals surface area contributed by atoms with Crippen molar-refractivity contribution < 1.29 is 9.53 Å². The zero-order valence-corrected chi connectivity index (χ0v) is 12.1. The van der Waals surface area contributed by atoms with Crippen LogP contribution in [0.1, 0.15) is 16.1 Å². The van der Waals surface area contributed by atoms with Crippen molar-refractivity contribution in [2.24, 2.45) is 0 Å². The predicted octanol–water partition coefficient (Wildman–Crippen LogP) is 2.10. The van der Waals surface area contributed by atoms with E-state index in [1.807, 2.05) is 31.2 Å². The minimum atomic E-state index is -0.278. The lowest BCUT2D eigenvalue weighted by atomic mass is 10.2. The average Bonchev–Trinajstić information content (AvgIpc) is 2.50. The van der Waals surface area contributed by atoms with E-state index in [9.17, 15) is 4.79 Å². The highest BCUT2D eigenvalue weighted by atomic mass is 16.5. The third kappa shape index (κ3) is 4.25. The maximum atomic E-state index is 12.1. The van der Waals surface area contributed by atoms with Crippen LogP contribution in [-0.2, 0) is 4.74 Å². The van der Waals surface area contributed by atoms with Crippen LogP contribution in [0, 0.1) is 6.92 Å². The van der Waals surface area contributed by atoms with Crippen molar-refractivity contribution in [1.29, 1.82) is 0 Å². The average molecular weight is 286 g/mol. The molecule has 0 bridgehead atoms. The normalized spacial score (nSPS) is 10.2. The molecule has 6 heteroatoms. The van der Waals surface area contributed by atoms with Gasteiger partial charge < -0.3 is 15.4 Å². The van der Waals surface area contributed by atoms with Crippen LogP contribution in [-0.4, -0.2) is 36.1 Å². The number of methoxy groups -OCH3 is 1. The van der Waals surface area contributed by atoms with E-state index < -0.39 is 0 Å². The number of amides is 1. The van der Waals surface area contributed by atoms with E-state index in [2.05, 4.69) is 20.6 Å². The second kappa shape index (κ2) is 7.35. The molecule has 1 aromatic carbocycles. The number of rotatable bonds is 6. The van der Waals surface area contributed by atoms with Crippen LogP contribution < -0.4 is 10.6 Å². The van der Waals surface area contributed by atoms with Gasteiger partial charge in [-0.15, -0.1) is 0 Å². The molecule has 0 saturated heterocycles. The highest BCUT2D eigenvalue weighted by molar-refractivity contribution is 6.03. The Morgan fingerprint density at radius 3 is 2.71 bits per heavy atom. The number of benzene rings is 1. The molecule has 1 heterocycles. The third-order valence-electron chi connectivity index (χ3n) is 2.89. The summed E-state index contributed by atoms with van der Waals surface area (Å²) in [6.07, 6.45) is 2.98. The summed E-state index contributed by atoms with van der Waals surface area (Å²) >= 11 is 0. The molecule has 0 radical (unpaired) electrons. The van der Waals surface area contributed by atoms with E-state index in [0.29, 0.717) is 19.0 Å². The molecule has 0 aliphatic carbocycles. The largest absolute Gasteiger partial charge is 0.383 e. The predicted molar refractivity (Wildman–Crippen MR) is 81.5 cm³/mol. The number of carbonyl (C=O) groups is 1. The van der Waals surface area contributed by atoms with Crippen LogP contribution in [0.3, 0.4) is 0 Å². The molecule has 1 amide bonds. The molecular weight excluding hydrogens is 268 g/mol. The quantitative estimate of drug-likeness (QED) is 0.795. The summed E-state index contributed by atoms with van der Waals surface area (Å²) in [6, 6.07) is 7.58. The summed E-state index contributed by atoms with van der Waals surface area (Å²) in [5, 5.41) is 5.86. The highest BCUT2D eigenvalue weighted by Crippen LogP contribution is 2.14. The molecule has 0 aliphatic rings. The smallest absolute Gasteiger partial charge is 0.275 e. The van der Waals surface area contributed by atoms with E-state index in [0.717, 1.165) is 11.3 Å². The first kappa shape index (κ1) is 14.9. The molecule has 1 aromatic heterocycles. The minimum absolute atomic E-state index is 0.274. The SMILES string of the molecule is COCCNc1cnc(C(=O)Nc2ccccc2C)cn1. The summed E-state index contributed by atoms with van der Waals surface area (Å²) in [4.78, 5) is 20.3. The van der Waals surface area contributed by atoms with E-state index in [1.165, 1.54) is 12.4 Å². The number of nitrogens with one attached hydrogen (secondary N) is 2. The van der Waals surface area contributed by atoms with Crippen LogP contribution in [0.4, 0.5) is 11.5 Å². The topological polar surface area (TPSA) is 76.1 Å². The fourth-order valence-electron chi connectivity index (χ4n) is 1.72. The van der Waals surface area contributed by atoms with E-state index in [-0.39, 0.29) is 11.6 Å². The number of carbonyl (C=O) groups excluding carboxylic acids is 1. The van der Waals surface area contributed by atoms with E-state index >= 15 is 0 Å². The molecule has 6 nitrogen and oxygen atoms in total. The molecule has 2 N–H and O–H groups in total. The Morgan fingerprint density at radius 1 is 1.24 bits per heavy atom. The molecular formula is C15H18N4O2. The summed E-state index contributed by atoms with van der Waals surface area (Å²) in [5.74, 6) is 0.333. The first-order chi connectivity index (χ1) is 10.2. The van der Waals surface area contributed by atoms with Crippen molar-refractivity contribution in [3.05, 3.63) is 47.9 Å². The van der Waals surface area contributed by atoms with Gasteiger partial charge in [-0.05, 0) is 18.6 Å². The summed E-state index contributed by atoms with van der Waals surface area (Å²) in [5.41, 5.74) is 2.04. The number of aromatic nitrogens is 2. The van der Waals surface area contributed by atoms with Gasteiger partial charge in [0.15, 0.2) is 0 Å². The van der Waals surface area contributed by atoms with Gasteiger partial charge in [-0.25, -0.2) is 9.97 Å². The van der Waals surface area contributed by atoms with Gasteiger partial charge in [-0.1, -0.05) is 18.2 Å². The van der Waals surface area contributed by atoms with Crippen LogP contribution in [0.2, 0.25) is 0 Å². The molecule has 0 atom stereocenters. The van der Waals surface area contributed by atoms with Gasteiger partial charge in [0, 0.05) is 19.3 Å².